The summed E-state index contributed by atoms with van der Waals surface area (Å²) in [5.74, 6) is 1.00. The second kappa shape index (κ2) is 5.59. The smallest absolute Gasteiger partial charge is 0.232 e. The zero-order valence-corrected chi connectivity index (χ0v) is 12.9. The number of ether oxygens (including phenoxy) is 1. The largest absolute Gasteiger partial charge is 0.492 e. The van der Waals surface area contributed by atoms with Crippen LogP contribution in [0.4, 0.5) is 5.82 Å². The monoisotopic (exact) mass is 327 g/mol. The van der Waals surface area contributed by atoms with Gasteiger partial charge in [0.1, 0.15) is 12.4 Å². The number of H-pyrrole nitrogens is 1. The van der Waals surface area contributed by atoms with Crippen molar-refractivity contribution >= 4 is 34.2 Å². The molecule has 0 radical (unpaired) electrons. The predicted octanol–water partition coefficient (Wildman–Crippen LogP) is 3.41. The third-order valence-electron chi connectivity index (χ3n) is 4.04. The highest BCUT2D eigenvalue weighted by atomic mass is 35.5. The summed E-state index contributed by atoms with van der Waals surface area (Å²) in [6, 6.07) is 13.3. The number of para-hydroxylation sites is 2. The van der Waals surface area contributed by atoms with Crippen molar-refractivity contribution in [3.8, 4) is 5.75 Å². The normalized spacial score (nSPS) is 16.7. The van der Waals surface area contributed by atoms with E-state index >= 15 is 0 Å². The van der Waals surface area contributed by atoms with E-state index in [0.717, 1.165) is 22.2 Å². The van der Waals surface area contributed by atoms with E-state index in [0.29, 0.717) is 23.9 Å². The SMILES string of the molecule is O=C(Nc1n[nH]c2c(Cl)cccc12)C1COc2ccccc2C1. The van der Waals surface area contributed by atoms with E-state index in [1.54, 1.807) is 6.07 Å². The summed E-state index contributed by atoms with van der Waals surface area (Å²) in [5, 5.41) is 11.2. The van der Waals surface area contributed by atoms with Gasteiger partial charge in [0.05, 0.1) is 16.5 Å². The molecular formula is C17H14ClN3O2. The van der Waals surface area contributed by atoms with Gasteiger partial charge in [-0.1, -0.05) is 35.9 Å². The van der Waals surface area contributed by atoms with Crippen molar-refractivity contribution in [1.82, 2.24) is 10.2 Å². The summed E-state index contributed by atoms with van der Waals surface area (Å²) in [4.78, 5) is 12.5. The van der Waals surface area contributed by atoms with E-state index in [4.69, 9.17) is 16.3 Å². The van der Waals surface area contributed by atoms with Gasteiger partial charge in [-0.2, -0.15) is 5.10 Å². The van der Waals surface area contributed by atoms with Crippen molar-refractivity contribution in [2.45, 2.75) is 6.42 Å². The molecule has 4 rings (SSSR count). The third-order valence-corrected chi connectivity index (χ3v) is 4.35. The minimum absolute atomic E-state index is 0.104. The van der Waals surface area contributed by atoms with Crippen molar-refractivity contribution in [1.29, 1.82) is 0 Å². The average Bonchev–Trinajstić information content (AvgIpc) is 2.99. The van der Waals surface area contributed by atoms with Gasteiger partial charge in [0.2, 0.25) is 5.91 Å². The van der Waals surface area contributed by atoms with E-state index in [9.17, 15) is 4.79 Å². The van der Waals surface area contributed by atoms with Crippen LogP contribution in [0.1, 0.15) is 5.56 Å². The van der Waals surface area contributed by atoms with E-state index in [1.165, 1.54) is 0 Å². The summed E-state index contributed by atoms with van der Waals surface area (Å²) in [6.07, 6.45) is 0.658. The average molecular weight is 328 g/mol. The Bertz CT molecular complexity index is 890. The highest BCUT2D eigenvalue weighted by Crippen LogP contribution is 2.29. The molecule has 0 saturated heterocycles. The van der Waals surface area contributed by atoms with Gasteiger partial charge >= 0.3 is 0 Å². The zero-order chi connectivity index (χ0) is 15.8. The van der Waals surface area contributed by atoms with Gasteiger partial charge in [0, 0.05) is 5.39 Å². The number of carbonyl (C=O) groups excluding carboxylic acids is 1. The van der Waals surface area contributed by atoms with Crippen molar-refractivity contribution in [3.63, 3.8) is 0 Å². The summed E-state index contributed by atoms with van der Waals surface area (Å²) in [5.41, 5.74) is 1.77. The van der Waals surface area contributed by atoms with Crippen LogP contribution >= 0.6 is 11.6 Å². The van der Waals surface area contributed by atoms with Crippen molar-refractivity contribution < 1.29 is 9.53 Å². The molecule has 2 aromatic carbocycles. The molecule has 1 unspecified atom stereocenters. The molecule has 2 heterocycles. The van der Waals surface area contributed by atoms with Crippen LogP contribution < -0.4 is 10.1 Å². The van der Waals surface area contributed by atoms with Gasteiger partial charge in [-0.05, 0) is 30.2 Å². The molecule has 1 atom stereocenters. The first-order chi connectivity index (χ1) is 11.2. The van der Waals surface area contributed by atoms with Crippen LogP contribution in [-0.2, 0) is 11.2 Å². The number of carbonyl (C=O) groups is 1. The number of benzene rings is 2. The van der Waals surface area contributed by atoms with Crippen LogP contribution in [0.3, 0.4) is 0 Å². The van der Waals surface area contributed by atoms with E-state index in [-0.39, 0.29) is 11.8 Å². The zero-order valence-electron chi connectivity index (χ0n) is 12.2. The van der Waals surface area contributed by atoms with E-state index < -0.39 is 0 Å². The Morgan fingerprint density at radius 3 is 3.04 bits per heavy atom. The second-order valence-corrected chi connectivity index (χ2v) is 5.95. The molecular weight excluding hydrogens is 314 g/mol. The van der Waals surface area contributed by atoms with E-state index in [2.05, 4.69) is 15.5 Å². The number of aromatic amines is 1. The van der Waals surface area contributed by atoms with Crippen LogP contribution in [0.25, 0.3) is 10.9 Å². The first kappa shape index (κ1) is 14.1. The van der Waals surface area contributed by atoms with Crippen LogP contribution in [0.2, 0.25) is 5.02 Å². The molecule has 0 aliphatic carbocycles. The molecule has 0 bridgehead atoms. The third kappa shape index (κ3) is 2.53. The van der Waals surface area contributed by atoms with Crippen LogP contribution in [-0.4, -0.2) is 22.7 Å². The standard InChI is InChI=1S/C17H14ClN3O2/c18-13-6-3-5-12-15(13)20-21-16(12)19-17(22)11-8-10-4-1-2-7-14(10)23-9-11/h1-7,11H,8-9H2,(H2,19,20,21,22). The summed E-state index contributed by atoms with van der Waals surface area (Å²) in [7, 11) is 0. The Hall–Kier alpha value is -2.53. The first-order valence-electron chi connectivity index (χ1n) is 7.36. The van der Waals surface area contributed by atoms with E-state index in [1.807, 2.05) is 36.4 Å². The molecule has 0 saturated carbocycles. The number of hydrogen-bond acceptors (Lipinski definition) is 3. The number of anilines is 1. The van der Waals surface area contributed by atoms with Gasteiger partial charge in [-0.15, -0.1) is 0 Å². The lowest BCUT2D eigenvalue weighted by Gasteiger charge is -2.24. The number of rotatable bonds is 2. The minimum Gasteiger partial charge on any atom is -0.492 e. The molecule has 5 nitrogen and oxygen atoms in total. The number of aromatic nitrogens is 2. The number of amides is 1. The fourth-order valence-electron chi connectivity index (χ4n) is 2.82. The number of halogens is 1. The molecule has 0 spiro atoms. The minimum atomic E-state index is -0.240. The highest BCUT2D eigenvalue weighted by molar-refractivity contribution is 6.35. The van der Waals surface area contributed by atoms with Gasteiger partial charge in [0.25, 0.3) is 0 Å². The molecule has 1 aliphatic rings. The Morgan fingerprint density at radius 1 is 1.26 bits per heavy atom. The lowest BCUT2D eigenvalue weighted by atomic mass is 9.96. The Kier molecular flexibility index (Phi) is 3.42. The molecule has 2 N–H and O–H groups in total. The summed E-state index contributed by atoms with van der Waals surface area (Å²) >= 11 is 6.11. The molecule has 1 amide bonds. The maximum Gasteiger partial charge on any atom is 0.232 e. The number of nitrogens with zero attached hydrogens (tertiary/aromatic N) is 1. The van der Waals surface area contributed by atoms with Gasteiger partial charge in [-0.25, -0.2) is 0 Å². The van der Waals surface area contributed by atoms with Crippen LogP contribution in [0.15, 0.2) is 42.5 Å². The number of nitrogens with one attached hydrogen (secondary N) is 2. The van der Waals surface area contributed by atoms with Crippen LogP contribution in [0.5, 0.6) is 5.75 Å². The van der Waals surface area contributed by atoms with Gasteiger partial charge < -0.3 is 10.1 Å². The molecule has 23 heavy (non-hydrogen) atoms. The first-order valence-corrected chi connectivity index (χ1v) is 7.74. The van der Waals surface area contributed by atoms with Crippen molar-refractivity contribution in [2.24, 2.45) is 5.92 Å². The Labute approximate surface area is 137 Å². The molecule has 3 aromatic rings. The molecule has 116 valence electrons. The fraction of sp³-hybridized carbons (Fsp3) is 0.176. The maximum atomic E-state index is 12.5. The van der Waals surface area contributed by atoms with Gasteiger partial charge in [-0.3, -0.25) is 9.89 Å². The van der Waals surface area contributed by atoms with Crippen LogP contribution in [0, 0.1) is 5.92 Å². The molecule has 1 aliphatic heterocycles. The quantitative estimate of drug-likeness (QED) is 0.758. The molecule has 0 fully saturated rings. The summed E-state index contributed by atoms with van der Waals surface area (Å²) < 4.78 is 5.67. The molecule has 1 aromatic heterocycles. The maximum absolute atomic E-state index is 12.5. The predicted molar refractivity (Wildman–Crippen MR) is 88.9 cm³/mol. The van der Waals surface area contributed by atoms with Gasteiger partial charge in [0.15, 0.2) is 5.82 Å². The summed E-state index contributed by atoms with van der Waals surface area (Å²) in [6.45, 7) is 0.367. The van der Waals surface area contributed by atoms with Crippen molar-refractivity contribution in [2.75, 3.05) is 11.9 Å². The number of fused-ring (bicyclic) bond motifs is 2. The second-order valence-electron chi connectivity index (χ2n) is 5.54. The highest BCUT2D eigenvalue weighted by Gasteiger charge is 2.26. The van der Waals surface area contributed by atoms with Crippen molar-refractivity contribution in [3.05, 3.63) is 53.1 Å². The lowest BCUT2D eigenvalue weighted by molar-refractivity contribution is -0.121. The Balaban J connectivity index is 1.55. The Morgan fingerprint density at radius 2 is 2.13 bits per heavy atom. The number of hydrogen-bond donors (Lipinski definition) is 2. The topological polar surface area (TPSA) is 67.0 Å². The molecule has 6 heteroatoms. The fourth-order valence-corrected chi connectivity index (χ4v) is 3.03. The lowest BCUT2D eigenvalue weighted by Crippen LogP contribution is -2.32.